The molecule has 0 saturated heterocycles. The molecule has 1 unspecified atom stereocenters. The zero-order chi connectivity index (χ0) is 13.8. The number of anilines is 1. The molecule has 0 aliphatic heterocycles. The summed E-state index contributed by atoms with van der Waals surface area (Å²) in [6.45, 7) is 2.58. The SMILES string of the molecule is CC(Cn1ccnc1)NC(=O)c1cc(N)cc(Cl)c1. The molecular formula is C13H15ClN4O. The third-order valence-corrected chi connectivity index (χ3v) is 2.82. The van der Waals surface area contributed by atoms with E-state index in [-0.39, 0.29) is 11.9 Å². The van der Waals surface area contributed by atoms with Gasteiger partial charge in [-0.05, 0) is 25.1 Å². The lowest BCUT2D eigenvalue weighted by Gasteiger charge is -2.14. The summed E-state index contributed by atoms with van der Waals surface area (Å²) in [5.74, 6) is -0.193. The highest BCUT2D eigenvalue weighted by Gasteiger charge is 2.11. The Morgan fingerprint density at radius 1 is 1.53 bits per heavy atom. The predicted octanol–water partition coefficient (Wildman–Crippen LogP) is 1.94. The molecule has 1 amide bonds. The summed E-state index contributed by atoms with van der Waals surface area (Å²) in [5.41, 5.74) is 6.59. The zero-order valence-corrected chi connectivity index (χ0v) is 11.3. The van der Waals surface area contributed by atoms with E-state index in [0.717, 1.165) is 0 Å². The van der Waals surface area contributed by atoms with E-state index in [1.54, 1.807) is 30.7 Å². The number of nitrogen functional groups attached to an aromatic ring is 1. The van der Waals surface area contributed by atoms with E-state index < -0.39 is 0 Å². The van der Waals surface area contributed by atoms with E-state index in [9.17, 15) is 4.79 Å². The lowest BCUT2D eigenvalue weighted by atomic mass is 10.2. The molecule has 6 heteroatoms. The summed E-state index contributed by atoms with van der Waals surface area (Å²) >= 11 is 5.87. The Hall–Kier alpha value is -2.01. The second-order valence-corrected chi connectivity index (χ2v) is 4.84. The van der Waals surface area contributed by atoms with Crippen LogP contribution in [0.1, 0.15) is 17.3 Å². The van der Waals surface area contributed by atoms with Crippen LogP contribution in [-0.4, -0.2) is 21.5 Å². The molecule has 1 heterocycles. The Morgan fingerprint density at radius 2 is 2.32 bits per heavy atom. The highest BCUT2D eigenvalue weighted by molar-refractivity contribution is 6.31. The molecular weight excluding hydrogens is 264 g/mol. The second-order valence-electron chi connectivity index (χ2n) is 4.41. The summed E-state index contributed by atoms with van der Waals surface area (Å²) < 4.78 is 1.90. The van der Waals surface area contributed by atoms with Crippen molar-refractivity contribution in [1.29, 1.82) is 0 Å². The summed E-state index contributed by atoms with van der Waals surface area (Å²) in [4.78, 5) is 16.0. The standard InChI is InChI=1S/C13H15ClN4O/c1-9(7-18-3-2-16-8-18)17-13(19)10-4-11(14)6-12(15)5-10/h2-6,8-9H,7,15H2,1H3,(H,17,19). The van der Waals surface area contributed by atoms with Crippen LogP contribution in [0.3, 0.4) is 0 Å². The second kappa shape index (κ2) is 5.75. The van der Waals surface area contributed by atoms with Crippen LogP contribution < -0.4 is 11.1 Å². The van der Waals surface area contributed by atoms with Crippen molar-refractivity contribution in [3.05, 3.63) is 47.5 Å². The molecule has 0 radical (unpaired) electrons. The van der Waals surface area contributed by atoms with Crippen LogP contribution in [0.15, 0.2) is 36.9 Å². The molecule has 0 bridgehead atoms. The van der Waals surface area contributed by atoms with Crippen molar-refractivity contribution in [2.45, 2.75) is 19.5 Å². The number of hydrogen-bond acceptors (Lipinski definition) is 3. The lowest BCUT2D eigenvalue weighted by Crippen LogP contribution is -2.35. The first kappa shape index (κ1) is 13.4. The number of imidazole rings is 1. The largest absolute Gasteiger partial charge is 0.399 e. The number of halogens is 1. The Kier molecular flexibility index (Phi) is 4.06. The monoisotopic (exact) mass is 278 g/mol. The highest BCUT2D eigenvalue weighted by Crippen LogP contribution is 2.16. The molecule has 5 nitrogen and oxygen atoms in total. The quantitative estimate of drug-likeness (QED) is 0.840. The molecule has 1 atom stereocenters. The van der Waals surface area contributed by atoms with E-state index >= 15 is 0 Å². The number of nitrogens with two attached hydrogens (primary N) is 1. The van der Waals surface area contributed by atoms with Crippen molar-refractivity contribution in [1.82, 2.24) is 14.9 Å². The van der Waals surface area contributed by atoms with Crippen LogP contribution >= 0.6 is 11.6 Å². The predicted molar refractivity (Wildman–Crippen MR) is 75.0 cm³/mol. The Bertz CT molecular complexity index is 548. The van der Waals surface area contributed by atoms with Crippen molar-refractivity contribution >= 4 is 23.2 Å². The smallest absolute Gasteiger partial charge is 0.251 e. The van der Waals surface area contributed by atoms with Crippen LogP contribution in [0.25, 0.3) is 0 Å². The number of rotatable bonds is 4. The minimum absolute atomic E-state index is 0.0260. The lowest BCUT2D eigenvalue weighted by molar-refractivity contribution is 0.0936. The van der Waals surface area contributed by atoms with Gasteiger partial charge < -0.3 is 15.6 Å². The molecule has 0 aliphatic rings. The number of benzene rings is 1. The van der Waals surface area contributed by atoms with Gasteiger partial charge in [0.05, 0.1) is 6.33 Å². The molecule has 2 aromatic rings. The first-order valence-electron chi connectivity index (χ1n) is 5.87. The topological polar surface area (TPSA) is 72.9 Å². The van der Waals surface area contributed by atoms with E-state index in [1.165, 1.54) is 0 Å². The number of nitrogens with one attached hydrogen (secondary N) is 1. The molecule has 19 heavy (non-hydrogen) atoms. The van der Waals surface area contributed by atoms with Gasteiger partial charge in [-0.1, -0.05) is 11.6 Å². The third kappa shape index (κ3) is 3.72. The molecule has 0 saturated carbocycles. The van der Waals surface area contributed by atoms with Crippen LogP contribution in [0, 0.1) is 0 Å². The molecule has 2 rings (SSSR count). The maximum atomic E-state index is 12.0. The first-order valence-corrected chi connectivity index (χ1v) is 6.25. The summed E-state index contributed by atoms with van der Waals surface area (Å²) in [7, 11) is 0. The summed E-state index contributed by atoms with van der Waals surface area (Å²) in [5, 5.41) is 3.34. The van der Waals surface area contributed by atoms with Crippen LogP contribution in [0.5, 0.6) is 0 Å². The van der Waals surface area contributed by atoms with Gasteiger partial charge in [0.1, 0.15) is 0 Å². The van der Waals surface area contributed by atoms with Gasteiger partial charge in [-0.3, -0.25) is 4.79 Å². The van der Waals surface area contributed by atoms with E-state index in [4.69, 9.17) is 17.3 Å². The number of amides is 1. The number of hydrogen-bond donors (Lipinski definition) is 2. The molecule has 100 valence electrons. The Morgan fingerprint density at radius 3 is 2.95 bits per heavy atom. The van der Waals surface area contributed by atoms with E-state index in [0.29, 0.717) is 22.8 Å². The number of carbonyl (C=O) groups excluding carboxylic acids is 1. The van der Waals surface area contributed by atoms with Gasteiger partial charge in [-0.25, -0.2) is 4.98 Å². The number of aromatic nitrogens is 2. The first-order chi connectivity index (χ1) is 9.04. The fourth-order valence-electron chi connectivity index (χ4n) is 1.81. The Balaban J connectivity index is 2.00. The van der Waals surface area contributed by atoms with Gasteiger partial charge in [-0.2, -0.15) is 0 Å². The molecule has 0 fully saturated rings. The summed E-state index contributed by atoms with van der Waals surface area (Å²) in [6.07, 6.45) is 5.26. The molecule has 3 N–H and O–H groups in total. The minimum atomic E-state index is -0.193. The molecule has 0 spiro atoms. The molecule has 1 aromatic heterocycles. The fraction of sp³-hybridized carbons (Fsp3) is 0.231. The maximum Gasteiger partial charge on any atom is 0.251 e. The fourth-order valence-corrected chi connectivity index (χ4v) is 2.05. The van der Waals surface area contributed by atoms with Gasteiger partial charge in [0, 0.05) is 41.3 Å². The van der Waals surface area contributed by atoms with E-state index in [1.807, 2.05) is 17.7 Å². The molecule has 0 aliphatic carbocycles. The average molecular weight is 279 g/mol. The maximum absolute atomic E-state index is 12.0. The van der Waals surface area contributed by atoms with Crippen molar-refractivity contribution in [2.24, 2.45) is 0 Å². The van der Waals surface area contributed by atoms with Crippen molar-refractivity contribution < 1.29 is 4.79 Å². The minimum Gasteiger partial charge on any atom is -0.399 e. The van der Waals surface area contributed by atoms with Gasteiger partial charge in [0.15, 0.2) is 0 Å². The van der Waals surface area contributed by atoms with Crippen molar-refractivity contribution in [3.8, 4) is 0 Å². The summed E-state index contributed by atoms with van der Waals surface area (Å²) in [6, 6.07) is 4.78. The normalized spacial score (nSPS) is 12.1. The van der Waals surface area contributed by atoms with Gasteiger partial charge in [0.2, 0.25) is 0 Å². The average Bonchev–Trinajstić information content (AvgIpc) is 2.80. The van der Waals surface area contributed by atoms with E-state index in [2.05, 4.69) is 10.3 Å². The highest BCUT2D eigenvalue weighted by atomic mass is 35.5. The zero-order valence-electron chi connectivity index (χ0n) is 10.5. The van der Waals surface area contributed by atoms with Crippen LogP contribution in [0.4, 0.5) is 5.69 Å². The number of carbonyl (C=O) groups is 1. The van der Waals surface area contributed by atoms with Crippen LogP contribution in [0.2, 0.25) is 5.02 Å². The van der Waals surface area contributed by atoms with Crippen LogP contribution in [-0.2, 0) is 6.54 Å². The number of nitrogens with zero attached hydrogens (tertiary/aromatic N) is 2. The van der Waals surface area contributed by atoms with Gasteiger partial charge in [0.25, 0.3) is 5.91 Å². The van der Waals surface area contributed by atoms with Crippen molar-refractivity contribution in [3.63, 3.8) is 0 Å². The van der Waals surface area contributed by atoms with Gasteiger partial charge in [-0.15, -0.1) is 0 Å². The third-order valence-electron chi connectivity index (χ3n) is 2.60. The molecule has 1 aromatic carbocycles. The Labute approximate surface area is 116 Å². The van der Waals surface area contributed by atoms with Gasteiger partial charge >= 0.3 is 0 Å². The van der Waals surface area contributed by atoms with Crippen molar-refractivity contribution in [2.75, 3.05) is 5.73 Å².